The molecule has 3 aromatic rings. The number of piperidine rings is 1. The molecule has 2 heterocycles. The van der Waals surface area contributed by atoms with Crippen LogP contribution in [0.25, 0.3) is 10.2 Å². The minimum absolute atomic E-state index is 0.0850. The molecule has 0 bridgehead atoms. The van der Waals surface area contributed by atoms with E-state index in [4.69, 9.17) is 9.47 Å². The van der Waals surface area contributed by atoms with Crippen molar-refractivity contribution >= 4 is 39.2 Å². The quantitative estimate of drug-likeness (QED) is 0.511. The first kappa shape index (κ1) is 20.0. The molecule has 0 aliphatic carbocycles. The van der Waals surface area contributed by atoms with Gasteiger partial charge in [0.1, 0.15) is 11.9 Å². The molecule has 4 rings (SSSR count). The smallest absolute Gasteiger partial charge is 0.274 e. The Balaban J connectivity index is 1.38. The third kappa shape index (κ3) is 4.51. The Morgan fingerprint density at radius 1 is 1.24 bits per heavy atom. The number of thiazole rings is 1. The fourth-order valence-electron chi connectivity index (χ4n) is 3.48. The van der Waals surface area contributed by atoms with Gasteiger partial charge in [-0.05, 0) is 30.0 Å². The molecule has 29 heavy (non-hydrogen) atoms. The van der Waals surface area contributed by atoms with Gasteiger partial charge in [0.25, 0.3) is 11.1 Å². The Labute approximate surface area is 179 Å². The summed E-state index contributed by atoms with van der Waals surface area (Å²) in [4.78, 5) is 20.6. The Kier molecular flexibility index (Phi) is 6.25. The minimum Gasteiger partial charge on any atom is -0.497 e. The zero-order chi connectivity index (χ0) is 20.2. The second-order valence-corrected chi connectivity index (χ2v) is 9.15. The number of amides is 1. The van der Waals surface area contributed by atoms with Gasteiger partial charge < -0.3 is 14.4 Å². The molecule has 5 nitrogen and oxygen atoms in total. The van der Waals surface area contributed by atoms with E-state index in [0.717, 1.165) is 45.0 Å². The number of likely N-dealkylation sites (tertiary alicyclic amines) is 1. The van der Waals surface area contributed by atoms with Gasteiger partial charge in [0.05, 0.1) is 22.9 Å². The van der Waals surface area contributed by atoms with E-state index in [0.29, 0.717) is 18.3 Å². The molecular formula is C22H24N2O3S2. The third-order valence-corrected chi connectivity index (χ3v) is 6.87. The van der Waals surface area contributed by atoms with Crippen molar-refractivity contribution in [1.29, 1.82) is 0 Å². The number of hydrogen-bond donors (Lipinski definition) is 0. The van der Waals surface area contributed by atoms with Crippen molar-refractivity contribution < 1.29 is 14.3 Å². The highest BCUT2D eigenvalue weighted by molar-refractivity contribution is 7.99. The topological polar surface area (TPSA) is 51.7 Å². The summed E-state index contributed by atoms with van der Waals surface area (Å²) in [6.07, 6.45) is 1.71. The molecule has 0 unspecified atom stereocenters. The van der Waals surface area contributed by atoms with Crippen LogP contribution in [-0.4, -0.2) is 47.8 Å². The standard InChI is InChI=1S/C22H24N2O3S2/c1-3-28-19-7-5-4-6-17(19)21(25)24-12-10-15(11-13-24)27-22-23-18-14-16(26-2)8-9-20(18)29-22/h4-9,14-15H,3,10-13H2,1-2H3. The molecule has 0 atom stereocenters. The van der Waals surface area contributed by atoms with Crippen LogP contribution in [0.4, 0.5) is 0 Å². The normalized spacial score (nSPS) is 14.9. The van der Waals surface area contributed by atoms with Gasteiger partial charge in [-0.2, -0.15) is 0 Å². The van der Waals surface area contributed by atoms with E-state index in [-0.39, 0.29) is 12.0 Å². The van der Waals surface area contributed by atoms with Crippen LogP contribution in [0.15, 0.2) is 47.4 Å². The molecule has 7 heteroatoms. The minimum atomic E-state index is 0.0850. The van der Waals surface area contributed by atoms with Gasteiger partial charge in [-0.25, -0.2) is 4.98 Å². The summed E-state index contributed by atoms with van der Waals surface area (Å²) in [5.74, 6) is 1.86. The average molecular weight is 429 g/mol. The lowest BCUT2D eigenvalue weighted by Gasteiger charge is -2.32. The molecule has 0 spiro atoms. The van der Waals surface area contributed by atoms with E-state index in [1.165, 1.54) is 0 Å². The fourth-order valence-corrected chi connectivity index (χ4v) is 5.14. The molecule has 152 valence electrons. The number of benzene rings is 2. The number of carbonyl (C=O) groups is 1. The van der Waals surface area contributed by atoms with Crippen LogP contribution in [0.5, 0.6) is 10.9 Å². The maximum Gasteiger partial charge on any atom is 0.274 e. The second-order valence-electron chi connectivity index (χ2n) is 6.85. The summed E-state index contributed by atoms with van der Waals surface area (Å²) in [5, 5.41) is 0.683. The lowest BCUT2D eigenvalue weighted by Crippen LogP contribution is -2.41. The van der Waals surface area contributed by atoms with Crippen molar-refractivity contribution in [3.8, 4) is 10.9 Å². The highest BCUT2D eigenvalue weighted by Gasteiger charge is 2.26. The SMILES string of the molecule is CCSc1ccccc1C(=O)N1CCC(Oc2nc3cc(OC)ccc3s2)CC1. The van der Waals surface area contributed by atoms with Crippen molar-refractivity contribution in [1.82, 2.24) is 9.88 Å². The summed E-state index contributed by atoms with van der Waals surface area (Å²) in [6, 6.07) is 13.7. The van der Waals surface area contributed by atoms with Crippen LogP contribution in [0.3, 0.4) is 0 Å². The largest absolute Gasteiger partial charge is 0.497 e. The first-order valence-electron chi connectivity index (χ1n) is 9.80. The number of nitrogens with zero attached hydrogens (tertiary/aromatic N) is 2. The number of hydrogen-bond acceptors (Lipinski definition) is 6. The first-order chi connectivity index (χ1) is 14.2. The second kappa shape index (κ2) is 9.05. The Bertz CT molecular complexity index is 997. The lowest BCUT2D eigenvalue weighted by atomic mass is 10.1. The number of carbonyl (C=O) groups excluding carboxylic acids is 1. The maximum absolute atomic E-state index is 13.0. The molecule has 0 saturated carbocycles. The molecule has 1 saturated heterocycles. The Hall–Kier alpha value is -2.25. The number of ether oxygens (including phenoxy) is 2. The van der Waals surface area contributed by atoms with E-state index < -0.39 is 0 Å². The molecule has 1 aliphatic heterocycles. The van der Waals surface area contributed by atoms with Gasteiger partial charge in [-0.1, -0.05) is 30.4 Å². The number of fused-ring (bicyclic) bond motifs is 1. The van der Waals surface area contributed by atoms with Crippen LogP contribution in [-0.2, 0) is 0 Å². The van der Waals surface area contributed by atoms with Crippen molar-refractivity contribution in [3.05, 3.63) is 48.0 Å². The van der Waals surface area contributed by atoms with Gasteiger partial charge in [0.2, 0.25) is 0 Å². The zero-order valence-electron chi connectivity index (χ0n) is 16.6. The molecular weight excluding hydrogens is 404 g/mol. The number of rotatable bonds is 6. The van der Waals surface area contributed by atoms with Crippen molar-refractivity contribution in [2.24, 2.45) is 0 Å². The number of methoxy groups -OCH3 is 1. The molecule has 1 aliphatic rings. The van der Waals surface area contributed by atoms with Crippen LogP contribution < -0.4 is 9.47 Å². The Morgan fingerprint density at radius 3 is 2.79 bits per heavy atom. The number of thioether (sulfide) groups is 1. The average Bonchev–Trinajstić information content (AvgIpc) is 3.15. The molecule has 0 radical (unpaired) electrons. The summed E-state index contributed by atoms with van der Waals surface area (Å²) in [5.41, 5.74) is 1.70. The first-order valence-corrected chi connectivity index (χ1v) is 11.6. The van der Waals surface area contributed by atoms with Crippen molar-refractivity contribution in [3.63, 3.8) is 0 Å². The van der Waals surface area contributed by atoms with E-state index in [1.807, 2.05) is 47.4 Å². The van der Waals surface area contributed by atoms with Gasteiger partial charge in [0, 0.05) is 36.9 Å². The Morgan fingerprint density at radius 2 is 2.03 bits per heavy atom. The van der Waals surface area contributed by atoms with Crippen molar-refractivity contribution in [2.75, 3.05) is 26.0 Å². The van der Waals surface area contributed by atoms with E-state index in [9.17, 15) is 4.79 Å². The fraction of sp³-hybridized carbons (Fsp3) is 0.364. The predicted octanol–water partition coefficient (Wildman–Crippen LogP) is 5.10. The monoisotopic (exact) mass is 428 g/mol. The van der Waals surface area contributed by atoms with Gasteiger partial charge in [0.15, 0.2) is 0 Å². The summed E-state index contributed by atoms with van der Waals surface area (Å²) >= 11 is 3.26. The van der Waals surface area contributed by atoms with Crippen LogP contribution in [0.2, 0.25) is 0 Å². The van der Waals surface area contributed by atoms with Crippen LogP contribution in [0, 0.1) is 0 Å². The molecule has 1 aromatic heterocycles. The van der Waals surface area contributed by atoms with E-state index in [1.54, 1.807) is 30.2 Å². The third-order valence-electron chi connectivity index (χ3n) is 4.99. The highest BCUT2D eigenvalue weighted by Crippen LogP contribution is 2.32. The van der Waals surface area contributed by atoms with Crippen molar-refractivity contribution in [2.45, 2.75) is 30.8 Å². The van der Waals surface area contributed by atoms with Crippen LogP contribution in [0.1, 0.15) is 30.1 Å². The molecule has 2 aromatic carbocycles. The molecule has 1 fully saturated rings. The highest BCUT2D eigenvalue weighted by atomic mass is 32.2. The van der Waals surface area contributed by atoms with Crippen LogP contribution >= 0.6 is 23.1 Å². The molecule has 0 N–H and O–H groups in total. The number of aromatic nitrogens is 1. The summed E-state index contributed by atoms with van der Waals surface area (Å²) < 4.78 is 12.5. The molecule has 1 amide bonds. The van der Waals surface area contributed by atoms with E-state index >= 15 is 0 Å². The predicted molar refractivity (Wildman–Crippen MR) is 119 cm³/mol. The zero-order valence-corrected chi connectivity index (χ0v) is 18.2. The van der Waals surface area contributed by atoms with Gasteiger partial charge in [-0.15, -0.1) is 11.8 Å². The summed E-state index contributed by atoms with van der Waals surface area (Å²) in [7, 11) is 1.65. The summed E-state index contributed by atoms with van der Waals surface area (Å²) in [6.45, 7) is 3.51. The maximum atomic E-state index is 13.0. The van der Waals surface area contributed by atoms with E-state index in [2.05, 4.69) is 11.9 Å². The lowest BCUT2D eigenvalue weighted by molar-refractivity contribution is 0.0592. The van der Waals surface area contributed by atoms with Gasteiger partial charge >= 0.3 is 0 Å². The van der Waals surface area contributed by atoms with Gasteiger partial charge in [-0.3, -0.25) is 4.79 Å².